The van der Waals surface area contributed by atoms with Crippen LogP contribution >= 0.6 is 0 Å². The second-order valence-electron chi connectivity index (χ2n) is 9.39. The van der Waals surface area contributed by atoms with Crippen molar-refractivity contribution in [1.29, 1.82) is 0 Å². The molecule has 0 radical (unpaired) electrons. The van der Waals surface area contributed by atoms with Crippen LogP contribution in [0.2, 0.25) is 0 Å². The van der Waals surface area contributed by atoms with Crippen LogP contribution in [-0.4, -0.2) is 66.3 Å². The predicted octanol–water partition coefficient (Wildman–Crippen LogP) is 3.07. The molecule has 0 fully saturated rings. The highest BCUT2D eigenvalue weighted by Crippen LogP contribution is 2.30. The van der Waals surface area contributed by atoms with E-state index in [0.717, 1.165) is 40.0 Å². The lowest BCUT2D eigenvalue weighted by Crippen LogP contribution is -2.29. The Labute approximate surface area is 249 Å². The number of carboxylic acid groups (broad SMARTS) is 1. The fourth-order valence-corrected chi connectivity index (χ4v) is 4.38. The van der Waals surface area contributed by atoms with Gasteiger partial charge in [-0.25, -0.2) is 22.9 Å². The van der Waals surface area contributed by atoms with Crippen LogP contribution in [0.15, 0.2) is 58.7 Å². The third kappa shape index (κ3) is 8.27. The van der Waals surface area contributed by atoms with E-state index in [1.165, 1.54) is 21.1 Å². The number of pyridine rings is 1. The van der Waals surface area contributed by atoms with Gasteiger partial charge in [-0.2, -0.15) is 18.3 Å². The summed E-state index contributed by atoms with van der Waals surface area (Å²) in [6.45, 7) is 4.71. The Morgan fingerprint density at radius 3 is 2.30 bits per heavy atom. The molecule has 3 aromatic rings. The first-order valence-electron chi connectivity index (χ1n) is 12.5. The molecule has 2 heterocycles. The van der Waals surface area contributed by atoms with Crippen molar-refractivity contribution in [2.24, 2.45) is 10.7 Å². The molecule has 0 spiro atoms. The predicted molar refractivity (Wildman–Crippen MR) is 157 cm³/mol. The Bertz CT molecular complexity index is 1800. The number of sulfone groups is 1. The number of aromatic nitrogens is 3. The Kier molecular flexibility index (Phi) is 9.93. The molecule has 3 rings (SSSR count). The molecule has 2 aromatic heterocycles. The number of aryl methyl sites for hydroxylation is 2. The zero-order chi connectivity index (χ0) is 33.0. The van der Waals surface area contributed by atoms with Gasteiger partial charge in [-0.15, -0.1) is 0 Å². The van der Waals surface area contributed by atoms with Gasteiger partial charge in [-0.05, 0) is 19.1 Å². The fourth-order valence-electron chi connectivity index (χ4n) is 3.85. The molecular weight excluding hydrogens is 609 g/mol. The summed E-state index contributed by atoms with van der Waals surface area (Å²) in [7, 11) is -0.667. The normalized spacial score (nSPS) is 12.6. The number of ether oxygens (including phenoxy) is 2. The highest BCUT2D eigenvalue weighted by Gasteiger charge is 2.35. The first-order valence-corrected chi connectivity index (χ1v) is 14.5. The topological polar surface area (TPSA) is 180 Å². The Hall–Kier alpha value is -5.06. The molecule has 0 saturated heterocycles. The molecule has 13 nitrogen and oxygen atoms in total. The number of anilines is 1. The van der Waals surface area contributed by atoms with E-state index in [2.05, 4.69) is 22.0 Å². The molecular formula is C27H29F3N6O7S. The number of methoxy groups -OCH3 is 2. The summed E-state index contributed by atoms with van der Waals surface area (Å²) in [6.07, 6.45) is -1.65. The number of rotatable bonds is 12. The highest BCUT2D eigenvalue weighted by atomic mass is 32.2. The van der Waals surface area contributed by atoms with Crippen LogP contribution in [-0.2, 0) is 22.6 Å². The summed E-state index contributed by atoms with van der Waals surface area (Å²) >= 11 is 0. The maximum atomic E-state index is 13.4. The van der Waals surface area contributed by atoms with E-state index in [0.29, 0.717) is 17.2 Å². The highest BCUT2D eigenvalue weighted by molar-refractivity contribution is 7.90. The molecule has 0 unspecified atom stereocenters. The number of halogens is 3. The number of hydrogen-bond acceptors (Lipinski definition) is 10. The van der Waals surface area contributed by atoms with Crippen molar-refractivity contribution < 1.29 is 41.0 Å². The number of carbonyl (C=O) groups is 1. The minimum atomic E-state index is -4.80. The molecule has 0 amide bonds. The monoisotopic (exact) mass is 638 g/mol. The molecule has 0 aliphatic carbocycles. The average molecular weight is 639 g/mol. The van der Waals surface area contributed by atoms with Gasteiger partial charge in [0.25, 0.3) is 5.56 Å². The number of aliphatic imine (C=N–C) groups is 1. The van der Waals surface area contributed by atoms with Gasteiger partial charge in [0.15, 0.2) is 5.69 Å². The lowest BCUT2D eigenvalue weighted by molar-refractivity contribution is -0.141. The summed E-state index contributed by atoms with van der Waals surface area (Å²) in [5.74, 6) is -1.66. The third-order valence-corrected chi connectivity index (χ3v) is 6.93. The summed E-state index contributed by atoms with van der Waals surface area (Å²) in [4.78, 5) is 28.9. The summed E-state index contributed by atoms with van der Waals surface area (Å²) in [5, 5.41) is 16.1. The van der Waals surface area contributed by atoms with Crippen LogP contribution in [0, 0.1) is 6.92 Å². The maximum Gasteiger partial charge on any atom is 0.435 e. The molecule has 0 saturated carbocycles. The van der Waals surface area contributed by atoms with Gasteiger partial charge in [0.05, 0.1) is 20.0 Å². The molecule has 236 valence electrons. The number of benzene rings is 1. The number of allylic oxidation sites excluding steroid dienone is 1. The number of alkyl halides is 3. The molecule has 4 N–H and O–H groups in total. The standard InChI is InChI=1S/C27H29F3N6O7S/c1-15-8-23(27(28,29)30)34-36(15)24(31)22(13-32-16(2)33-18-10-19(42-3)12-20(11-18)43-4)17-9-21(26(38)39)25(37)35(14-17)6-7-44(5,40)41/h8-14,33H,2,6-7,31H2,1,3-5H3,(H,38,39)/b24-22-,32-13-. The zero-order valence-corrected chi connectivity index (χ0v) is 24.8. The van der Waals surface area contributed by atoms with Crippen molar-refractivity contribution in [2.45, 2.75) is 19.6 Å². The van der Waals surface area contributed by atoms with Gasteiger partial charge in [0.1, 0.15) is 38.5 Å². The van der Waals surface area contributed by atoms with Gasteiger partial charge in [0, 0.05) is 65.9 Å². The molecule has 17 heteroatoms. The SMILES string of the molecule is C=C(/N=C\C(=C(/N)n1nc(C(F)(F)F)cc1C)c1cc(C(=O)O)c(=O)n(CCS(C)(=O)=O)c1)Nc1cc(OC)cc(OC)c1. The van der Waals surface area contributed by atoms with Gasteiger partial charge in [-0.3, -0.25) is 4.79 Å². The number of nitrogens with one attached hydrogen (secondary N) is 1. The van der Waals surface area contributed by atoms with Crippen LogP contribution in [0.25, 0.3) is 11.4 Å². The first kappa shape index (κ1) is 33.4. The molecule has 0 bridgehead atoms. The fraction of sp³-hybridized carbons (Fsp3) is 0.259. The Morgan fingerprint density at radius 2 is 1.80 bits per heavy atom. The van der Waals surface area contributed by atoms with Gasteiger partial charge in [-0.1, -0.05) is 6.58 Å². The summed E-state index contributed by atoms with van der Waals surface area (Å²) < 4.78 is 75.8. The Morgan fingerprint density at radius 1 is 1.18 bits per heavy atom. The van der Waals surface area contributed by atoms with Crippen LogP contribution in [0.5, 0.6) is 11.5 Å². The van der Waals surface area contributed by atoms with Crippen molar-refractivity contribution in [3.8, 4) is 11.5 Å². The molecule has 0 aliphatic heterocycles. The largest absolute Gasteiger partial charge is 0.497 e. The molecule has 0 aliphatic rings. The van der Waals surface area contributed by atoms with Crippen molar-refractivity contribution in [1.82, 2.24) is 14.3 Å². The number of hydrogen-bond donors (Lipinski definition) is 3. The smallest absolute Gasteiger partial charge is 0.435 e. The number of aromatic carboxylic acids is 1. The van der Waals surface area contributed by atoms with Crippen molar-refractivity contribution in [3.63, 3.8) is 0 Å². The minimum Gasteiger partial charge on any atom is -0.497 e. The van der Waals surface area contributed by atoms with Gasteiger partial charge < -0.3 is 30.2 Å². The van der Waals surface area contributed by atoms with Crippen LogP contribution < -0.4 is 26.1 Å². The zero-order valence-electron chi connectivity index (χ0n) is 24.0. The molecule has 0 atom stereocenters. The second-order valence-corrected chi connectivity index (χ2v) is 11.6. The van der Waals surface area contributed by atoms with E-state index in [1.807, 2.05) is 0 Å². The quantitative estimate of drug-likeness (QED) is 0.250. The lowest BCUT2D eigenvalue weighted by Gasteiger charge is -2.14. The minimum absolute atomic E-state index is 0.00244. The van der Waals surface area contributed by atoms with E-state index in [1.54, 1.807) is 18.2 Å². The van der Waals surface area contributed by atoms with Crippen molar-refractivity contribution >= 4 is 39.1 Å². The third-order valence-electron chi connectivity index (χ3n) is 6.00. The van der Waals surface area contributed by atoms with Crippen LogP contribution in [0.1, 0.15) is 27.3 Å². The average Bonchev–Trinajstić information content (AvgIpc) is 3.34. The number of carboxylic acids is 1. The second kappa shape index (κ2) is 13.1. The van der Waals surface area contributed by atoms with Crippen molar-refractivity contribution in [3.05, 3.63) is 81.8 Å². The van der Waals surface area contributed by atoms with E-state index >= 15 is 0 Å². The van der Waals surface area contributed by atoms with E-state index in [4.69, 9.17) is 15.2 Å². The van der Waals surface area contributed by atoms with Crippen LogP contribution in [0.4, 0.5) is 18.9 Å². The van der Waals surface area contributed by atoms with Gasteiger partial charge >= 0.3 is 12.1 Å². The molecule has 44 heavy (non-hydrogen) atoms. The summed E-state index contributed by atoms with van der Waals surface area (Å²) in [5.41, 5.74) is 3.49. The lowest BCUT2D eigenvalue weighted by atomic mass is 10.1. The first-order chi connectivity index (χ1) is 20.4. The number of nitrogens with two attached hydrogens (primary N) is 1. The van der Waals surface area contributed by atoms with Crippen LogP contribution in [0.3, 0.4) is 0 Å². The maximum absolute atomic E-state index is 13.4. The van der Waals surface area contributed by atoms with Crippen molar-refractivity contribution in [2.75, 3.05) is 31.5 Å². The van der Waals surface area contributed by atoms with Gasteiger partial charge in [0.2, 0.25) is 0 Å². The van der Waals surface area contributed by atoms with E-state index < -0.39 is 56.9 Å². The summed E-state index contributed by atoms with van der Waals surface area (Å²) in [6, 6.07) is 6.55. The Balaban J connectivity index is 2.21. The van der Waals surface area contributed by atoms with E-state index in [9.17, 15) is 36.3 Å². The number of nitrogens with zero attached hydrogens (tertiary/aromatic N) is 4. The van der Waals surface area contributed by atoms with E-state index in [-0.39, 0.29) is 22.7 Å². The molecule has 1 aromatic carbocycles.